The molecule has 0 spiro atoms. The van der Waals surface area contributed by atoms with Crippen molar-refractivity contribution in [2.75, 3.05) is 13.6 Å². The van der Waals surface area contributed by atoms with E-state index >= 15 is 0 Å². The van der Waals surface area contributed by atoms with E-state index in [1.165, 1.54) is 7.05 Å². The summed E-state index contributed by atoms with van der Waals surface area (Å²) >= 11 is 0. The average molecular weight is 287 g/mol. The maximum absolute atomic E-state index is 12.4. The summed E-state index contributed by atoms with van der Waals surface area (Å²) in [6.07, 6.45) is 0.916. The lowest BCUT2D eigenvalue weighted by molar-refractivity contribution is -0.138. The molecular formula is C15H17N3O3. The summed E-state index contributed by atoms with van der Waals surface area (Å²) in [7, 11) is 1.44. The number of amides is 3. The van der Waals surface area contributed by atoms with Gasteiger partial charge in [-0.15, -0.1) is 0 Å². The molecule has 3 amide bonds. The molecule has 2 aliphatic rings. The third-order valence-electron chi connectivity index (χ3n) is 4.07. The summed E-state index contributed by atoms with van der Waals surface area (Å²) in [6.45, 7) is 0.715. The van der Waals surface area contributed by atoms with Gasteiger partial charge in [0.1, 0.15) is 12.1 Å². The first kappa shape index (κ1) is 13.8. The van der Waals surface area contributed by atoms with Crippen molar-refractivity contribution in [2.24, 2.45) is 0 Å². The molecule has 0 saturated carbocycles. The maximum atomic E-state index is 12.4. The first-order chi connectivity index (χ1) is 10.1. The minimum atomic E-state index is -0.745. The van der Waals surface area contributed by atoms with Crippen LogP contribution in [0.1, 0.15) is 23.6 Å². The predicted molar refractivity (Wildman–Crippen MR) is 75.2 cm³/mol. The quantitative estimate of drug-likeness (QED) is 0.735. The van der Waals surface area contributed by atoms with Crippen LogP contribution in [0.3, 0.4) is 0 Å². The fourth-order valence-corrected chi connectivity index (χ4v) is 2.86. The Hall–Kier alpha value is -2.21. The summed E-state index contributed by atoms with van der Waals surface area (Å²) in [4.78, 5) is 36.8. The smallest absolute Gasteiger partial charge is 0.252 e. The Morgan fingerprint density at radius 2 is 2.10 bits per heavy atom. The molecule has 6 heteroatoms. The van der Waals surface area contributed by atoms with Crippen molar-refractivity contribution >= 4 is 17.7 Å². The third kappa shape index (κ3) is 2.42. The molecule has 110 valence electrons. The molecule has 0 bridgehead atoms. The summed E-state index contributed by atoms with van der Waals surface area (Å²) in [5.41, 5.74) is 2.08. The second-order valence-electron chi connectivity index (χ2n) is 5.39. The summed E-state index contributed by atoms with van der Waals surface area (Å²) in [5.74, 6) is -0.872. The van der Waals surface area contributed by atoms with Gasteiger partial charge in [-0.25, -0.2) is 0 Å². The molecule has 0 aromatic heterocycles. The highest BCUT2D eigenvalue weighted by atomic mass is 16.2. The molecule has 2 atom stereocenters. The zero-order valence-electron chi connectivity index (χ0n) is 11.8. The van der Waals surface area contributed by atoms with Crippen molar-refractivity contribution in [3.8, 4) is 0 Å². The van der Waals surface area contributed by atoms with Gasteiger partial charge >= 0.3 is 0 Å². The molecule has 1 fully saturated rings. The summed E-state index contributed by atoms with van der Waals surface area (Å²) in [5, 5.41) is 5.85. The molecule has 0 aliphatic carbocycles. The van der Waals surface area contributed by atoms with E-state index in [2.05, 4.69) is 10.6 Å². The second-order valence-corrected chi connectivity index (χ2v) is 5.39. The molecule has 1 aromatic carbocycles. The summed E-state index contributed by atoms with van der Waals surface area (Å²) < 4.78 is 0. The Bertz CT molecular complexity index is 614. The number of carbonyl (C=O) groups excluding carboxylic acids is 3. The van der Waals surface area contributed by atoms with E-state index in [4.69, 9.17) is 0 Å². The van der Waals surface area contributed by atoms with Gasteiger partial charge in [0.05, 0.1) is 6.42 Å². The van der Waals surface area contributed by atoms with Crippen LogP contribution in [-0.2, 0) is 20.8 Å². The standard InChI is InChI=1S/C15H17N3O3/c1-18-12(19)8-11(15(18)21)17-14(20)13-10-5-3-2-4-9(10)6-7-16-13/h2-5,11,13,16H,6-8H2,1H3,(H,17,20). The van der Waals surface area contributed by atoms with Crippen LogP contribution in [0.2, 0.25) is 0 Å². The lowest BCUT2D eigenvalue weighted by Gasteiger charge is -2.26. The van der Waals surface area contributed by atoms with E-state index in [9.17, 15) is 14.4 Å². The van der Waals surface area contributed by atoms with Crippen LogP contribution in [0.5, 0.6) is 0 Å². The van der Waals surface area contributed by atoms with Crippen LogP contribution in [-0.4, -0.2) is 42.3 Å². The van der Waals surface area contributed by atoms with Crippen molar-refractivity contribution < 1.29 is 14.4 Å². The van der Waals surface area contributed by atoms with Gasteiger partial charge in [-0.2, -0.15) is 0 Å². The molecular weight excluding hydrogens is 270 g/mol. The first-order valence-electron chi connectivity index (χ1n) is 7.00. The van der Waals surface area contributed by atoms with E-state index in [1.807, 2.05) is 24.3 Å². The van der Waals surface area contributed by atoms with Gasteiger partial charge in [-0.3, -0.25) is 19.3 Å². The molecule has 2 aliphatic heterocycles. The van der Waals surface area contributed by atoms with E-state index in [-0.39, 0.29) is 24.1 Å². The van der Waals surface area contributed by atoms with E-state index < -0.39 is 12.1 Å². The predicted octanol–water partition coefficient (Wildman–Crippen LogP) is -0.253. The number of nitrogens with zero attached hydrogens (tertiary/aromatic N) is 1. The number of nitrogens with one attached hydrogen (secondary N) is 2. The zero-order valence-corrected chi connectivity index (χ0v) is 11.8. The van der Waals surface area contributed by atoms with Gasteiger partial charge in [0.15, 0.2) is 0 Å². The van der Waals surface area contributed by atoms with Crippen molar-refractivity contribution in [3.63, 3.8) is 0 Å². The molecule has 2 N–H and O–H groups in total. The minimum Gasteiger partial charge on any atom is -0.342 e. The highest BCUT2D eigenvalue weighted by Gasteiger charge is 2.38. The van der Waals surface area contributed by atoms with Gasteiger partial charge in [0.25, 0.3) is 5.91 Å². The topological polar surface area (TPSA) is 78.5 Å². The second kappa shape index (κ2) is 5.29. The van der Waals surface area contributed by atoms with Gasteiger partial charge in [-0.05, 0) is 17.5 Å². The Labute approximate surface area is 122 Å². The van der Waals surface area contributed by atoms with Crippen molar-refractivity contribution in [1.29, 1.82) is 0 Å². The number of rotatable bonds is 2. The van der Waals surface area contributed by atoms with Gasteiger partial charge in [0.2, 0.25) is 11.8 Å². The molecule has 1 saturated heterocycles. The Balaban J connectivity index is 1.75. The molecule has 2 heterocycles. The number of imide groups is 1. The van der Waals surface area contributed by atoms with Crippen LogP contribution < -0.4 is 10.6 Å². The van der Waals surface area contributed by atoms with Crippen molar-refractivity contribution in [2.45, 2.75) is 24.9 Å². The highest BCUT2D eigenvalue weighted by molar-refractivity contribution is 6.06. The lowest BCUT2D eigenvalue weighted by atomic mass is 9.94. The number of hydrogen-bond donors (Lipinski definition) is 2. The normalized spacial score (nSPS) is 24.9. The van der Waals surface area contributed by atoms with Crippen LogP contribution in [0.25, 0.3) is 0 Å². The van der Waals surface area contributed by atoms with Gasteiger partial charge in [0, 0.05) is 13.6 Å². The Morgan fingerprint density at radius 1 is 1.33 bits per heavy atom. The average Bonchev–Trinajstić information content (AvgIpc) is 2.74. The summed E-state index contributed by atoms with van der Waals surface area (Å²) in [6, 6.07) is 6.56. The lowest BCUT2D eigenvalue weighted by Crippen LogP contribution is -2.47. The first-order valence-corrected chi connectivity index (χ1v) is 7.00. The minimum absolute atomic E-state index is 0.0371. The van der Waals surface area contributed by atoms with E-state index in [0.29, 0.717) is 6.54 Å². The molecule has 3 rings (SSSR count). The monoisotopic (exact) mass is 287 g/mol. The SMILES string of the molecule is CN1C(=O)CC(NC(=O)C2NCCc3ccccc32)C1=O. The molecule has 2 unspecified atom stereocenters. The number of fused-ring (bicyclic) bond motifs is 1. The third-order valence-corrected chi connectivity index (χ3v) is 4.07. The fourth-order valence-electron chi connectivity index (χ4n) is 2.86. The number of hydrogen-bond acceptors (Lipinski definition) is 4. The Morgan fingerprint density at radius 3 is 2.81 bits per heavy atom. The molecule has 0 radical (unpaired) electrons. The van der Waals surface area contributed by atoms with Crippen LogP contribution in [0, 0.1) is 0 Å². The largest absolute Gasteiger partial charge is 0.342 e. The number of carbonyl (C=O) groups is 3. The highest BCUT2D eigenvalue weighted by Crippen LogP contribution is 2.23. The van der Waals surface area contributed by atoms with E-state index in [1.54, 1.807) is 0 Å². The van der Waals surface area contributed by atoms with E-state index in [0.717, 1.165) is 22.4 Å². The van der Waals surface area contributed by atoms with Crippen LogP contribution in [0.15, 0.2) is 24.3 Å². The maximum Gasteiger partial charge on any atom is 0.252 e. The molecule has 21 heavy (non-hydrogen) atoms. The van der Waals surface area contributed by atoms with Crippen molar-refractivity contribution in [1.82, 2.24) is 15.5 Å². The van der Waals surface area contributed by atoms with Gasteiger partial charge in [-0.1, -0.05) is 24.3 Å². The molecule has 1 aromatic rings. The van der Waals surface area contributed by atoms with Crippen LogP contribution >= 0.6 is 0 Å². The Kier molecular flexibility index (Phi) is 3.47. The number of likely N-dealkylation sites (N-methyl/N-ethyl adjacent to an activating group) is 1. The molecule has 6 nitrogen and oxygen atoms in total. The number of likely N-dealkylation sites (tertiary alicyclic amines) is 1. The number of benzene rings is 1. The van der Waals surface area contributed by atoms with Crippen molar-refractivity contribution in [3.05, 3.63) is 35.4 Å². The fraction of sp³-hybridized carbons (Fsp3) is 0.400. The van der Waals surface area contributed by atoms with Gasteiger partial charge < -0.3 is 10.6 Å². The van der Waals surface area contributed by atoms with Crippen LogP contribution in [0.4, 0.5) is 0 Å². The zero-order chi connectivity index (χ0) is 15.0.